The fraction of sp³-hybridized carbons (Fsp3) is 0.381. The molecule has 116 valence electrons. The summed E-state index contributed by atoms with van der Waals surface area (Å²) in [6.07, 6.45) is 0. The molecule has 23 heavy (non-hydrogen) atoms. The first-order valence-corrected chi connectivity index (χ1v) is 8.25. The number of fused-ring (bicyclic) bond motifs is 6. The summed E-state index contributed by atoms with van der Waals surface area (Å²) in [6, 6.07) is 14.6. The average Bonchev–Trinajstić information content (AvgIpc) is 2.86. The number of rotatable bonds is 1. The van der Waals surface area contributed by atoms with Crippen molar-refractivity contribution in [2.75, 3.05) is 7.11 Å². The lowest BCUT2D eigenvalue weighted by Crippen LogP contribution is -2.34. The molecular weight excluding hydrogens is 284 g/mol. The van der Waals surface area contributed by atoms with Gasteiger partial charge >= 0.3 is 0 Å². The van der Waals surface area contributed by atoms with Crippen LogP contribution < -0.4 is 4.74 Å². The van der Waals surface area contributed by atoms with E-state index in [2.05, 4.69) is 51.1 Å². The van der Waals surface area contributed by atoms with Crippen LogP contribution in [0.3, 0.4) is 0 Å². The summed E-state index contributed by atoms with van der Waals surface area (Å²) in [5, 5.41) is 0. The second kappa shape index (κ2) is 3.53. The number of hydrogen-bond donors (Lipinski definition) is 0. The molecule has 1 fully saturated rings. The molecule has 0 saturated heterocycles. The molecule has 4 atom stereocenters. The quantitative estimate of drug-likeness (QED) is 0.788. The number of hydrogen-bond acceptors (Lipinski definition) is 2. The van der Waals surface area contributed by atoms with E-state index in [4.69, 9.17) is 4.74 Å². The molecule has 0 N–H and O–H groups in total. The Morgan fingerprint density at radius 3 is 2.39 bits per heavy atom. The average molecular weight is 304 g/mol. The van der Waals surface area contributed by atoms with Gasteiger partial charge in [-0.15, -0.1) is 0 Å². The third-order valence-corrected chi connectivity index (χ3v) is 7.70. The van der Waals surface area contributed by atoms with E-state index >= 15 is 0 Å². The molecule has 3 aliphatic carbocycles. The second-order valence-electron chi connectivity index (χ2n) is 7.75. The molecule has 2 nitrogen and oxygen atoms in total. The van der Waals surface area contributed by atoms with Crippen LogP contribution >= 0.6 is 0 Å². The first kappa shape index (κ1) is 13.4. The van der Waals surface area contributed by atoms with Gasteiger partial charge in [0, 0.05) is 21.8 Å². The highest BCUT2D eigenvalue weighted by Gasteiger charge is 2.88. The Hall–Kier alpha value is -2.09. The molecule has 0 heterocycles. The Bertz CT molecular complexity index is 898. The van der Waals surface area contributed by atoms with Crippen molar-refractivity contribution in [2.45, 2.75) is 37.5 Å². The summed E-state index contributed by atoms with van der Waals surface area (Å²) >= 11 is 0. The van der Waals surface area contributed by atoms with E-state index in [1.165, 1.54) is 16.7 Å². The van der Waals surface area contributed by atoms with E-state index in [1.807, 2.05) is 12.1 Å². The molecule has 2 aromatic rings. The Morgan fingerprint density at radius 1 is 0.957 bits per heavy atom. The number of ketones is 1. The summed E-state index contributed by atoms with van der Waals surface area (Å²) in [5.41, 5.74) is 4.65. The summed E-state index contributed by atoms with van der Waals surface area (Å²) < 4.78 is 5.36. The topological polar surface area (TPSA) is 26.3 Å². The van der Waals surface area contributed by atoms with Crippen LogP contribution in [-0.4, -0.2) is 12.9 Å². The van der Waals surface area contributed by atoms with Crippen molar-refractivity contribution >= 4 is 5.78 Å². The first-order chi connectivity index (χ1) is 10.9. The normalized spacial score (nSPS) is 38.6. The van der Waals surface area contributed by atoms with Gasteiger partial charge in [0.15, 0.2) is 5.78 Å². The molecule has 0 aliphatic heterocycles. The van der Waals surface area contributed by atoms with Crippen LogP contribution in [0.4, 0.5) is 0 Å². The summed E-state index contributed by atoms with van der Waals surface area (Å²) in [6.45, 7) is 6.99. The van der Waals surface area contributed by atoms with Gasteiger partial charge in [0.25, 0.3) is 0 Å². The number of benzene rings is 2. The van der Waals surface area contributed by atoms with E-state index < -0.39 is 0 Å². The van der Waals surface area contributed by atoms with Crippen molar-refractivity contribution in [1.29, 1.82) is 0 Å². The SMILES string of the molecule is COc1ccc2c(c1)C(=O)C1c3ccccc3C3(C)C2(C)C13C. The van der Waals surface area contributed by atoms with Gasteiger partial charge in [0.1, 0.15) is 5.75 Å². The molecular formula is C21H20O2. The molecule has 0 bridgehead atoms. The van der Waals surface area contributed by atoms with Crippen LogP contribution in [0, 0.1) is 5.41 Å². The Morgan fingerprint density at radius 2 is 1.65 bits per heavy atom. The molecule has 0 amide bonds. The predicted molar refractivity (Wildman–Crippen MR) is 89.3 cm³/mol. The highest BCUT2D eigenvalue weighted by molar-refractivity contribution is 6.08. The molecule has 0 spiro atoms. The third-order valence-electron chi connectivity index (χ3n) is 7.70. The maximum atomic E-state index is 13.4. The van der Waals surface area contributed by atoms with E-state index in [0.29, 0.717) is 0 Å². The minimum atomic E-state index is -0.0340. The van der Waals surface area contributed by atoms with Crippen molar-refractivity contribution in [3.05, 3.63) is 64.7 Å². The lowest BCUT2D eigenvalue weighted by molar-refractivity contribution is 0.0902. The number of carbonyl (C=O) groups excluding carboxylic acids is 1. The van der Waals surface area contributed by atoms with Crippen LogP contribution in [0.5, 0.6) is 5.75 Å². The minimum absolute atomic E-state index is 0.00847. The summed E-state index contributed by atoms with van der Waals surface area (Å²) in [7, 11) is 1.65. The second-order valence-corrected chi connectivity index (χ2v) is 7.75. The number of ether oxygens (including phenoxy) is 1. The van der Waals surface area contributed by atoms with Gasteiger partial charge in [-0.05, 0) is 28.8 Å². The van der Waals surface area contributed by atoms with Crippen molar-refractivity contribution < 1.29 is 9.53 Å². The van der Waals surface area contributed by atoms with Gasteiger partial charge in [0.2, 0.25) is 0 Å². The molecule has 0 aromatic heterocycles. The standard InChI is InChI=1S/C21H20O2/c1-19-15-8-6-5-7-13(15)17-18(22)14-11-12(23-4)9-10-16(14)20(19,2)21(17,19)3/h5-11,17H,1-4H3. The monoisotopic (exact) mass is 304 g/mol. The largest absolute Gasteiger partial charge is 0.497 e. The van der Waals surface area contributed by atoms with Crippen molar-refractivity contribution in [1.82, 2.24) is 0 Å². The van der Waals surface area contributed by atoms with Crippen LogP contribution in [0.15, 0.2) is 42.5 Å². The minimum Gasteiger partial charge on any atom is -0.497 e. The van der Waals surface area contributed by atoms with Crippen LogP contribution in [0.25, 0.3) is 0 Å². The van der Waals surface area contributed by atoms with Gasteiger partial charge in [-0.25, -0.2) is 0 Å². The fourth-order valence-corrected chi connectivity index (χ4v) is 6.20. The summed E-state index contributed by atoms with van der Waals surface area (Å²) in [5.74, 6) is 0.986. The van der Waals surface area contributed by atoms with Gasteiger partial charge in [-0.3, -0.25) is 4.79 Å². The lowest BCUT2D eigenvalue weighted by atomic mass is 9.66. The molecule has 4 unspecified atom stereocenters. The van der Waals surface area contributed by atoms with Crippen LogP contribution in [-0.2, 0) is 10.8 Å². The highest BCUT2D eigenvalue weighted by atomic mass is 16.5. The number of carbonyl (C=O) groups is 1. The Labute approximate surface area is 136 Å². The highest BCUT2D eigenvalue weighted by Crippen LogP contribution is 2.88. The van der Waals surface area contributed by atoms with E-state index in [-0.39, 0.29) is 27.9 Å². The smallest absolute Gasteiger partial charge is 0.171 e. The number of Topliss-reactive ketones (excluding diaryl/α,β-unsaturated/α-hetero) is 1. The zero-order valence-corrected chi connectivity index (χ0v) is 13.9. The molecule has 2 aromatic carbocycles. The van der Waals surface area contributed by atoms with Gasteiger partial charge in [0.05, 0.1) is 13.0 Å². The van der Waals surface area contributed by atoms with Gasteiger partial charge < -0.3 is 4.74 Å². The van der Waals surface area contributed by atoms with Crippen molar-refractivity contribution in [3.63, 3.8) is 0 Å². The maximum Gasteiger partial charge on any atom is 0.171 e. The van der Waals surface area contributed by atoms with Gasteiger partial charge in [-0.2, -0.15) is 0 Å². The molecule has 3 aliphatic rings. The zero-order valence-electron chi connectivity index (χ0n) is 13.9. The molecule has 0 radical (unpaired) electrons. The van der Waals surface area contributed by atoms with E-state index in [9.17, 15) is 4.79 Å². The lowest BCUT2D eigenvalue weighted by Gasteiger charge is -2.35. The Balaban J connectivity index is 1.87. The van der Waals surface area contributed by atoms with Gasteiger partial charge in [-0.1, -0.05) is 51.1 Å². The molecule has 2 heteroatoms. The van der Waals surface area contributed by atoms with Crippen LogP contribution in [0.1, 0.15) is 53.7 Å². The maximum absolute atomic E-state index is 13.4. The third kappa shape index (κ3) is 1.03. The zero-order chi connectivity index (χ0) is 16.2. The summed E-state index contributed by atoms with van der Waals surface area (Å²) in [4.78, 5) is 13.4. The predicted octanol–water partition coefficient (Wildman–Crippen LogP) is 4.22. The van der Waals surface area contributed by atoms with Crippen LogP contribution in [0.2, 0.25) is 0 Å². The van der Waals surface area contributed by atoms with E-state index in [0.717, 1.165) is 11.3 Å². The molecule has 5 rings (SSSR count). The molecule has 1 saturated carbocycles. The Kier molecular flexibility index (Phi) is 2.05. The van der Waals surface area contributed by atoms with Crippen molar-refractivity contribution in [3.8, 4) is 5.75 Å². The van der Waals surface area contributed by atoms with Crippen molar-refractivity contribution in [2.24, 2.45) is 5.41 Å². The number of methoxy groups -OCH3 is 1. The van der Waals surface area contributed by atoms with E-state index in [1.54, 1.807) is 7.11 Å². The first-order valence-electron chi connectivity index (χ1n) is 8.25. The fourth-order valence-electron chi connectivity index (χ4n) is 6.20.